The van der Waals surface area contributed by atoms with Gasteiger partial charge in [0.25, 0.3) is 0 Å². The molecule has 2 aromatic rings. The van der Waals surface area contributed by atoms with Crippen LogP contribution in [-0.2, 0) is 4.79 Å². The lowest BCUT2D eigenvalue weighted by Crippen LogP contribution is -2.24. The highest BCUT2D eigenvalue weighted by Crippen LogP contribution is 2.31. The van der Waals surface area contributed by atoms with Crippen molar-refractivity contribution in [1.82, 2.24) is 29.9 Å². The first-order valence-electron chi connectivity index (χ1n) is 8.71. The summed E-state index contributed by atoms with van der Waals surface area (Å²) in [6.45, 7) is 0.762. The zero-order valence-electron chi connectivity index (χ0n) is 13.9. The molecule has 0 bridgehead atoms. The molecule has 0 spiro atoms. The van der Waals surface area contributed by atoms with Gasteiger partial charge in [-0.05, 0) is 19.3 Å². The van der Waals surface area contributed by atoms with E-state index in [4.69, 9.17) is 0 Å². The number of amides is 1. The van der Waals surface area contributed by atoms with Crippen LogP contribution in [0.4, 0.5) is 0 Å². The number of carbonyl (C=O) groups excluding carboxylic acids is 1. The van der Waals surface area contributed by atoms with Crippen molar-refractivity contribution in [3.63, 3.8) is 0 Å². The normalized spacial score (nSPS) is 22.3. The molecular formula is C17H22N6O. The van der Waals surface area contributed by atoms with Crippen molar-refractivity contribution in [1.29, 1.82) is 0 Å². The van der Waals surface area contributed by atoms with E-state index in [9.17, 15) is 4.79 Å². The molecular weight excluding hydrogens is 304 g/mol. The summed E-state index contributed by atoms with van der Waals surface area (Å²) in [5.74, 6) is 1.53. The molecule has 1 atom stereocenters. The Bertz CT molecular complexity index is 719. The van der Waals surface area contributed by atoms with E-state index >= 15 is 0 Å². The van der Waals surface area contributed by atoms with Crippen LogP contribution >= 0.6 is 0 Å². The van der Waals surface area contributed by atoms with Gasteiger partial charge < -0.3 is 4.90 Å². The summed E-state index contributed by atoms with van der Waals surface area (Å²) in [7, 11) is 1.82. The number of carbonyl (C=O) groups is 1. The SMILES string of the molecule is CN1CC[C@H](n2cc(-c3cnc(C4CCCCC4)nc3)nn2)C1=O. The third-order valence-electron chi connectivity index (χ3n) is 5.17. The molecule has 3 heterocycles. The van der Waals surface area contributed by atoms with Crippen LogP contribution in [0.1, 0.15) is 56.3 Å². The minimum Gasteiger partial charge on any atom is -0.344 e. The van der Waals surface area contributed by atoms with Gasteiger partial charge in [-0.15, -0.1) is 5.10 Å². The van der Waals surface area contributed by atoms with Gasteiger partial charge in [-0.2, -0.15) is 0 Å². The third-order valence-corrected chi connectivity index (χ3v) is 5.17. The van der Waals surface area contributed by atoms with E-state index in [1.54, 1.807) is 9.58 Å². The van der Waals surface area contributed by atoms with Crippen LogP contribution in [0.5, 0.6) is 0 Å². The Morgan fingerprint density at radius 2 is 1.83 bits per heavy atom. The molecule has 2 fully saturated rings. The van der Waals surface area contributed by atoms with Crippen LogP contribution in [0.25, 0.3) is 11.3 Å². The predicted molar refractivity (Wildman–Crippen MR) is 88.2 cm³/mol. The van der Waals surface area contributed by atoms with Crippen LogP contribution in [0.2, 0.25) is 0 Å². The fourth-order valence-electron chi connectivity index (χ4n) is 3.65. The maximum atomic E-state index is 12.1. The fourth-order valence-corrected chi connectivity index (χ4v) is 3.65. The van der Waals surface area contributed by atoms with Gasteiger partial charge in [0, 0.05) is 37.5 Å². The highest BCUT2D eigenvalue weighted by molar-refractivity contribution is 5.82. The second kappa shape index (κ2) is 6.30. The highest BCUT2D eigenvalue weighted by atomic mass is 16.2. The molecule has 0 aromatic carbocycles. The van der Waals surface area contributed by atoms with Gasteiger partial charge in [-0.3, -0.25) is 4.79 Å². The van der Waals surface area contributed by atoms with Crippen LogP contribution < -0.4 is 0 Å². The first kappa shape index (κ1) is 15.2. The minimum atomic E-state index is -0.237. The van der Waals surface area contributed by atoms with Crippen LogP contribution in [-0.4, -0.2) is 49.4 Å². The Labute approximate surface area is 141 Å². The number of likely N-dealkylation sites (tertiary alicyclic amines) is 1. The summed E-state index contributed by atoms with van der Waals surface area (Å²) < 4.78 is 1.66. The van der Waals surface area contributed by atoms with E-state index in [2.05, 4.69) is 20.3 Å². The number of likely N-dealkylation sites (N-methyl/N-ethyl adjacent to an activating group) is 1. The Morgan fingerprint density at radius 1 is 1.08 bits per heavy atom. The summed E-state index contributed by atoms with van der Waals surface area (Å²) in [6.07, 6.45) is 12.5. The van der Waals surface area contributed by atoms with Gasteiger partial charge in [-0.1, -0.05) is 24.5 Å². The minimum absolute atomic E-state index is 0.0929. The molecule has 2 aromatic heterocycles. The van der Waals surface area contributed by atoms with Crippen LogP contribution in [0.15, 0.2) is 18.6 Å². The quantitative estimate of drug-likeness (QED) is 0.864. The smallest absolute Gasteiger partial charge is 0.247 e. The fraction of sp³-hybridized carbons (Fsp3) is 0.588. The zero-order valence-corrected chi connectivity index (χ0v) is 13.9. The molecule has 7 heteroatoms. The number of hydrogen-bond acceptors (Lipinski definition) is 5. The maximum Gasteiger partial charge on any atom is 0.247 e. The zero-order chi connectivity index (χ0) is 16.5. The molecule has 1 aliphatic carbocycles. The lowest BCUT2D eigenvalue weighted by molar-refractivity contribution is -0.129. The van der Waals surface area contributed by atoms with Crippen molar-refractivity contribution >= 4 is 5.91 Å². The lowest BCUT2D eigenvalue weighted by atomic mass is 9.89. The number of aromatic nitrogens is 5. The van der Waals surface area contributed by atoms with Crippen molar-refractivity contribution < 1.29 is 4.79 Å². The number of nitrogens with zero attached hydrogens (tertiary/aromatic N) is 6. The molecule has 4 rings (SSSR count). The average molecular weight is 326 g/mol. The van der Waals surface area contributed by atoms with E-state index < -0.39 is 0 Å². The molecule has 24 heavy (non-hydrogen) atoms. The Kier molecular flexibility index (Phi) is 4.00. The Balaban J connectivity index is 1.51. The second-order valence-electron chi connectivity index (χ2n) is 6.81. The molecule has 7 nitrogen and oxygen atoms in total. The number of hydrogen-bond donors (Lipinski definition) is 0. The summed E-state index contributed by atoms with van der Waals surface area (Å²) >= 11 is 0. The maximum absolute atomic E-state index is 12.1. The van der Waals surface area contributed by atoms with Gasteiger partial charge >= 0.3 is 0 Å². The molecule has 1 aliphatic heterocycles. The summed E-state index contributed by atoms with van der Waals surface area (Å²) in [5, 5.41) is 8.33. The number of rotatable bonds is 3. The van der Waals surface area contributed by atoms with Crippen LogP contribution in [0, 0.1) is 0 Å². The van der Waals surface area contributed by atoms with E-state index in [-0.39, 0.29) is 11.9 Å². The Hall–Kier alpha value is -2.31. The van der Waals surface area contributed by atoms with Gasteiger partial charge in [0.15, 0.2) is 0 Å². The topological polar surface area (TPSA) is 76.8 Å². The van der Waals surface area contributed by atoms with E-state index in [1.165, 1.54) is 32.1 Å². The third kappa shape index (κ3) is 2.79. The molecule has 126 valence electrons. The molecule has 1 saturated carbocycles. The van der Waals surface area contributed by atoms with Gasteiger partial charge in [-0.25, -0.2) is 14.6 Å². The largest absolute Gasteiger partial charge is 0.344 e. The lowest BCUT2D eigenvalue weighted by Gasteiger charge is -2.19. The molecule has 0 unspecified atom stereocenters. The van der Waals surface area contributed by atoms with E-state index in [0.29, 0.717) is 11.6 Å². The average Bonchev–Trinajstić information content (AvgIpc) is 3.24. The van der Waals surface area contributed by atoms with E-state index in [1.807, 2.05) is 25.6 Å². The van der Waals surface area contributed by atoms with Crippen molar-refractivity contribution in [3.8, 4) is 11.3 Å². The van der Waals surface area contributed by atoms with Gasteiger partial charge in [0.1, 0.15) is 17.6 Å². The summed E-state index contributed by atoms with van der Waals surface area (Å²) in [5.41, 5.74) is 1.56. The monoisotopic (exact) mass is 326 g/mol. The molecule has 0 radical (unpaired) electrons. The van der Waals surface area contributed by atoms with Gasteiger partial charge in [0.05, 0.1) is 6.20 Å². The first-order chi connectivity index (χ1) is 11.7. The molecule has 2 aliphatic rings. The van der Waals surface area contributed by atoms with Gasteiger partial charge in [0.2, 0.25) is 5.91 Å². The summed E-state index contributed by atoms with van der Waals surface area (Å²) in [6, 6.07) is -0.237. The van der Waals surface area contributed by atoms with E-state index in [0.717, 1.165) is 24.4 Å². The molecule has 1 amide bonds. The predicted octanol–water partition coefficient (Wildman–Crippen LogP) is 2.19. The molecule has 1 saturated heterocycles. The van der Waals surface area contributed by atoms with Crippen molar-refractivity contribution in [3.05, 3.63) is 24.4 Å². The standard InChI is InChI=1S/C17H22N6O/c1-22-8-7-15(17(22)24)23-11-14(20-21-23)13-9-18-16(19-10-13)12-5-3-2-4-6-12/h9-12,15H,2-8H2,1H3/t15-/m0/s1. The van der Waals surface area contributed by atoms with Crippen molar-refractivity contribution in [2.24, 2.45) is 0 Å². The van der Waals surface area contributed by atoms with Crippen molar-refractivity contribution in [2.45, 2.75) is 50.5 Å². The van der Waals surface area contributed by atoms with Crippen molar-refractivity contribution in [2.75, 3.05) is 13.6 Å². The molecule has 0 N–H and O–H groups in total. The summed E-state index contributed by atoms with van der Waals surface area (Å²) in [4.78, 5) is 22.9. The van der Waals surface area contributed by atoms with Crippen LogP contribution in [0.3, 0.4) is 0 Å². The first-order valence-corrected chi connectivity index (χ1v) is 8.71. The second-order valence-corrected chi connectivity index (χ2v) is 6.81. The Morgan fingerprint density at radius 3 is 2.50 bits per heavy atom. The highest BCUT2D eigenvalue weighted by Gasteiger charge is 2.31.